The van der Waals surface area contributed by atoms with Crippen LogP contribution in [0.2, 0.25) is 0 Å². The van der Waals surface area contributed by atoms with E-state index in [1.807, 2.05) is 12.1 Å². The van der Waals surface area contributed by atoms with E-state index in [0.29, 0.717) is 0 Å². The summed E-state index contributed by atoms with van der Waals surface area (Å²) in [5.74, 6) is 0.777. The van der Waals surface area contributed by atoms with Gasteiger partial charge in [-0.2, -0.15) is 0 Å². The second kappa shape index (κ2) is 5.14. The van der Waals surface area contributed by atoms with E-state index in [-0.39, 0.29) is 0 Å². The molecule has 2 heterocycles. The molecule has 0 aliphatic carbocycles. The minimum absolute atomic E-state index is 0.777. The molecule has 114 valence electrons. The number of aromatic nitrogens is 3. The fraction of sp³-hybridized carbons (Fsp3) is 0. The van der Waals surface area contributed by atoms with Crippen molar-refractivity contribution in [1.29, 1.82) is 0 Å². The molecule has 3 aromatic carbocycles. The van der Waals surface area contributed by atoms with Gasteiger partial charge in [0.15, 0.2) is 5.82 Å². The van der Waals surface area contributed by atoms with Crippen molar-refractivity contribution in [3.8, 4) is 11.5 Å². The molecule has 1 N–H and O–H groups in total. The number of rotatable bonds is 1. The highest BCUT2D eigenvalue weighted by Crippen LogP contribution is 2.35. The molecule has 0 atom stereocenters. The third-order valence-corrected chi connectivity index (χ3v) is 5.00. The van der Waals surface area contributed by atoms with Crippen LogP contribution in [-0.2, 0) is 0 Å². The molecule has 0 aliphatic heterocycles. The predicted octanol–water partition coefficient (Wildman–Crippen LogP) is 5.69. The van der Waals surface area contributed by atoms with Gasteiger partial charge >= 0.3 is 0 Å². The Labute approximate surface area is 146 Å². The van der Waals surface area contributed by atoms with Crippen LogP contribution in [0, 0.1) is 0 Å². The summed E-state index contributed by atoms with van der Waals surface area (Å²) in [6.45, 7) is 0. The molecule has 4 heteroatoms. The lowest BCUT2D eigenvalue weighted by molar-refractivity contribution is 1.23. The van der Waals surface area contributed by atoms with Crippen LogP contribution in [-0.4, -0.2) is 15.0 Å². The van der Waals surface area contributed by atoms with E-state index in [9.17, 15) is 0 Å². The number of pyridine rings is 1. The van der Waals surface area contributed by atoms with Crippen molar-refractivity contribution in [2.24, 2.45) is 0 Å². The maximum atomic E-state index is 4.87. The van der Waals surface area contributed by atoms with Gasteiger partial charge in [-0.05, 0) is 38.8 Å². The molecule has 0 saturated heterocycles. The van der Waals surface area contributed by atoms with E-state index in [2.05, 4.69) is 74.4 Å². The summed E-state index contributed by atoms with van der Waals surface area (Å²) in [6, 6.07) is 20.7. The average Bonchev–Trinajstić information content (AvgIpc) is 3.08. The first-order valence-electron chi connectivity index (χ1n) is 7.73. The molecule has 0 radical (unpaired) electrons. The zero-order valence-electron chi connectivity index (χ0n) is 12.6. The van der Waals surface area contributed by atoms with E-state index in [1.54, 1.807) is 6.20 Å². The molecule has 0 aliphatic rings. The molecule has 5 aromatic rings. The van der Waals surface area contributed by atoms with Crippen molar-refractivity contribution >= 4 is 48.5 Å². The van der Waals surface area contributed by atoms with Crippen molar-refractivity contribution in [3.63, 3.8) is 0 Å². The van der Waals surface area contributed by atoms with Crippen molar-refractivity contribution < 1.29 is 0 Å². The van der Waals surface area contributed by atoms with E-state index in [4.69, 9.17) is 4.98 Å². The van der Waals surface area contributed by atoms with E-state index < -0.39 is 0 Å². The number of imidazole rings is 1. The number of nitrogens with zero attached hydrogens (tertiary/aromatic N) is 2. The van der Waals surface area contributed by atoms with Crippen molar-refractivity contribution in [1.82, 2.24) is 15.0 Å². The highest BCUT2D eigenvalue weighted by atomic mass is 79.9. The van der Waals surface area contributed by atoms with Crippen LogP contribution in [0.25, 0.3) is 44.1 Å². The summed E-state index contributed by atoms with van der Waals surface area (Å²) >= 11 is 3.57. The average molecular weight is 374 g/mol. The topological polar surface area (TPSA) is 41.6 Å². The second-order valence-corrected chi connectivity index (χ2v) is 6.59. The van der Waals surface area contributed by atoms with Gasteiger partial charge in [0.25, 0.3) is 0 Å². The number of nitrogens with one attached hydrogen (secondary N) is 1. The summed E-state index contributed by atoms with van der Waals surface area (Å²) in [4.78, 5) is 12.8. The predicted molar refractivity (Wildman–Crippen MR) is 102 cm³/mol. The molecule has 0 amide bonds. The smallest absolute Gasteiger partial charge is 0.158 e. The number of aromatic amines is 1. The van der Waals surface area contributed by atoms with Crippen LogP contribution in [0.15, 0.2) is 71.3 Å². The zero-order valence-corrected chi connectivity index (χ0v) is 14.2. The minimum atomic E-state index is 0.777. The van der Waals surface area contributed by atoms with Crippen molar-refractivity contribution in [2.45, 2.75) is 0 Å². The molecular weight excluding hydrogens is 362 g/mol. The summed E-state index contributed by atoms with van der Waals surface area (Å²) < 4.78 is 0.928. The van der Waals surface area contributed by atoms with Gasteiger partial charge in [0.2, 0.25) is 0 Å². The number of fused-ring (bicyclic) bond motifs is 6. The zero-order chi connectivity index (χ0) is 16.1. The summed E-state index contributed by atoms with van der Waals surface area (Å²) in [6.07, 6.45) is 1.78. The first-order chi connectivity index (χ1) is 11.8. The largest absolute Gasteiger partial charge is 0.336 e. The van der Waals surface area contributed by atoms with Gasteiger partial charge in [-0.25, -0.2) is 4.98 Å². The fourth-order valence-corrected chi connectivity index (χ4v) is 3.74. The quantitative estimate of drug-likeness (QED) is 0.383. The van der Waals surface area contributed by atoms with Crippen LogP contribution >= 0.6 is 15.9 Å². The molecule has 0 saturated carbocycles. The fourth-order valence-electron chi connectivity index (χ4n) is 3.30. The molecule has 0 fully saturated rings. The molecule has 5 rings (SSSR count). The monoisotopic (exact) mass is 373 g/mol. The summed E-state index contributed by atoms with van der Waals surface area (Å²) in [5.41, 5.74) is 2.86. The Morgan fingerprint density at radius 3 is 2.17 bits per heavy atom. The third kappa shape index (κ3) is 1.90. The normalized spacial score (nSPS) is 11.5. The molecule has 0 bridgehead atoms. The van der Waals surface area contributed by atoms with Gasteiger partial charge in [0.1, 0.15) is 5.69 Å². The second-order valence-electron chi connectivity index (χ2n) is 5.73. The van der Waals surface area contributed by atoms with Crippen LogP contribution in [0.1, 0.15) is 0 Å². The minimum Gasteiger partial charge on any atom is -0.336 e. The Bertz CT molecular complexity index is 1150. The number of hydrogen-bond donors (Lipinski definition) is 1. The van der Waals surface area contributed by atoms with Crippen LogP contribution in [0.4, 0.5) is 0 Å². The lowest BCUT2D eigenvalue weighted by Gasteiger charge is -2.05. The summed E-state index contributed by atoms with van der Waals surface area (Å²) in [7, 11) is 0. The highest BCUT2D eigenvalue weighted by molar-refractivity contribution is 9.10. The van der Waals surface area contributed by atoms with E-state index in [0.717, 1.165) is 32.4 Å². The van der Waals surface area contributed by atoms with Gasteiger partial charge < -0.3 is 4.98 Å². The first kappa shape index (κ1) is 13.7. The van der Waals surface area contributed by atoms with E-state index in [1.165, 1.54) is 16.2 Å². The molecule has 24 heavy (non-hydrogen) atoms. The van der Waals surface area contributed by atoms with Gasteiger partial charge in [0.05, 0.1) is 11.0 Å². The van der Waals surface area contributed by atoms with Crippen molar-refractivity contribution in [3.05, 3.63) is 71.3 Å². The Hall–Kier alpha value is -2.72. The van der Waals surface area contributed by atoms with Crippen LogP contribution in [0.5, 0.6) is 0 Å². The van der Waals surface area contributed by atoms with Crippen molar-refractivity contribution in [2.75, 3.05) is 0 Å². The molecule has 0 unspecified atom stereocenters. The SMILES string of the molecule is Brc1cccnc1-c1nc2c3ccccc3c3ccccc3c2[nH]1. The molecular formula is C20H12BrN3. The standard InChI is InChI=1S/C20H12BrN3/c21-16-10-5-11-22-19(16)20-23-17-14-8-3-1-6-12(14)13-7-2-4-9-15(13)18(17)24-20/h1-11H,(H,23,24). The first-order valence-corrected chi connectivity index (χ1v) is 8.52. The van der Waals surface area contributed by atoms with Gasteiger partial charge in [-0.15, -0.1) is 0 Å². The maximum absolute atomic E-state index is 4.87. The van der Waals surface area contributed by atoms with Crippen LogP contribution < -0.4 is 0 Å². The highest BCUT2D eigenvalue weighted by Gasteiger charge is 2.15. The lowest BCUT2D eigenvalue weighted by atomic mass is 10.0. The third-order valence-electron chi connectivity index (χ3n) is 4.36. The molecule has 2 aromatic heterocycles. The Balaban J connectivity index is 1.98. The molecule has 0 spiro atoms. The number of benzene rings is 3. The Morgan fingerprint density at radius 1 is 0.750 bits per heavy atom. The van der Waals surface area contributed by atoms with Gasteiger partial charge in [-0.1, -0.05) is 48.5 Å². The lowest BCUT2D eigenvalue weighted by Crippen LogP contribution is -1.86. The number of hydrogen-bond acceptors (Lipinski definition) is 2. The molecule has 3 nitrogen and oxygen atoms in total. The van der Waals surface area contributed by atoms with E-state index >= 15 is 0 Å². The Morgan fingerprint density at radius 2 is 1.42 bits per heavy atom. The number of H-pyrrole nitrogens is 1. The van der Waals surface area contributed by atoms with Gasteiger partial charge in [0, 0.05) is 21.4 Å². The summed E-state index contributed by atoms with van der Waals surface area (Å²) in [5, 5.41) is 4.78. The number of halogens is 1. The van der Waals surface area contributed by atoms with Gasteiger partial charge in [-0.3, -0.25) is 4.98 Å². The maximum Gasteiger partial charge on any atom is 0.158 e. The van der Waals surface area contributed by atoms with Crippen LogP contribution in [0.3, 0.4) is 0 Å². The Kier molecular flexibility index (Phi) is 2.94.